The molecule has 3 aliphatic rings. The average Bonchev–Trinajstić information content (AvgIpc) is 3.48. The lowest BCUT2D eigenvalue weighted by Crippen LogP contribution is -2.24. The van der Waals surface area contributed by atoms with Crippen molar-refractivity contribution in [3.63, 3.8) is 0 Å². The quantitative estimate of drug-likeness (QED) is 0.346. The zero-order chi connectivity index (χ0) is 24.6. The molecular weight excluding hydrogens is 442 g/mol. The zero-order valence-electron chi connectivity index (χ0n) is 21.6. The van der Waals surface area contributed by atoms with Crippen molar-refractivity contribution in [1.29, 1.82) is 0 Å². The van der Waals surface area contributed by atoms with Gasteiger partial charge in [-0.05, 0) is 86.6 Å². The Hall–Kier alpha value is -3.47. The molecule has 1 atom stereocenters. The van der Waals surface area contributed by atoms with Crippen LogP contribution in [0.25, 0.3) is 22.5 Å². The lowest BCUT2D eigenvalue weighted by atomic mass is 9.88. The van der Waals surface area contributed by atoms with Crippen LogP contribution in [-0.4, -0.2) is 25.6 Å². The van der Waals surface area contributed by atoms with Crippen molar-refractivity contribution in [3.8, 4) is 11.3 Å². The SMILES string of the molecule is CC.Cc1cncc(-c2cc(NC3CCC4=C(C3)c3ccccc3C4)n3nc4c(c3n2)CCCC4)c1. The number of rotatable bonds is 3. The molecule has 184 valence electrons. The molecule has 1 unspecified atom stereocenters. The molecule has 0 amide bonds. The smallest absolute Gasteiger partial charge is 0.161 e. The van der Waals surface area contributed by atoms with Gasteiger partial charge in [0.25, 0.3) is 0 Å². The van der Waals surface area contributed by atoms with Crippen LogP contribution in [0.15, 0.2) is 54.4 Å². The zero-order valence-corrected chi connectivity index (χ0v) is 21.6. The number of anilines is 1. The van der Waals surface area contributed by atoms with Gasteiger partial charge in [0.1, 0.15) is 5.82 Å². The van der Waals surface area contributed by atoms with Gasteiger partial charge in [0.05, 0.1) is 11.4 Å². The molecule has 0 saturated heterocycles. The van der Waals surface area contributed by atoms with Crippen LogP contribution in [-0.2, 0) is 19.3 Å². The largest absolute Gasteiger partial charge is 0.367 e. The maximum Gasteiger partial charge on any atom is 0.161 e. The number of benzene rings is 1. The third-order valence-electron chi connectivity index (χ3n) is 7.80. The van der Waals surface area contributed by atoms with E-state index in [0.717, 1.165) is 60.4 Å². The predicted octanol–water partition coefficient (Wildman–Crippen LogP) is 6.98. The van der Waals surface area contributed by atoms with E-state index < -0.39 is 0 Å². The Morgan fingerprint density at radius 3 is 2.75 bits per heavy atom. The van der Waals surface area contributed by atoms with Gasteiger partial charge in [-0.3, -0.25) is 4.98 Å². The van der Waals surface area contributed by atoms with E-state index in [1.807, 2.05) is 26.2 Å². The fourth-order valence-electron chi connectivity index (χ4n) is 6.12. The van der Waals surface area contributed by atoms with Crippen LogP contribution in [0.3, 0.4) is 0 Å². The summed E-state index contributed by atoms with van der Waals surface area (Å²) in [7, 11) is 0. The minimum Gasteiger partial charge on any atom is -0.367 e. The summed E-state index contributed by atoms with van der Waals surface area (Å²) in [5.74, 6) is 1.05. The highest BCUT2D eigenvalue weighted by molar-refractivity contribution is 5.78. The molecule has 1 aromatic carbocycles. The lowest BCUT2D eigenvalue weighted by Gasteiger charge is -2.26. The molecule has 3 heterocycles. The van der Waals surface area contributed by atoms with Crippen molar-refractivity contribution in [2.75, 3.05) is 5.32 Å². The molecule has 0 bridgehead atoms. The highest BCUT2D eigenvalue weighted by Crippen LogP contribution is 2.42. The Morgan fingerprint density at radius 1 is 1.00 bits per heavy atom. The fraction of sp³-hybridized carbons (Fsp3) is 0.387. The van der Waals surface area contributed by atoms with Crippen LogP contribution in [0.2, 0.25) is 0 Å². The molecule has 5 nitrogen and oxygen atoms in total. The van der Waals surface area contributed by atoms with Crippen LogP contribution >= 0.6 is 0 Å². The summed E-state index contributed by atoms with van der Waals surface area (Å²) < 4.78 is 2.08. The number of hydrogen-bond acceptors (Lipinski definition) is 4. The number of aromatic nitrogens is 4. The van der Waals surface area contributed by atoms with Gasteiger partial charge in [-0.1, -0.05) is 43.7 Å². The van der Waals surface area contributed by atoms with Crippen molar-refractivity contribution in [1.82, 2.24) is 19.6 Å². The Labute approximate surface area is 213 Å². The predicted molar refractivity (Wildman–Crippen MR) is 147 cm³/mol. The number of fused-ring (bicyclic) bond motifs is 5. The van der Waals surface area contributed by atoms with Gasteiger partial charge in [0, 0.05) is 35.6 Å². The first-order valence-corrected chi connectivity index (χ1v) is 13.6. The van der Waals surface area contributed by atoms with Crippen LogP contribution < -0.4 is 5.32 Å². The van der Waals surface area contributed by atoms with Gasteiger partial charge >= 0.3 is 0 Å². The van der Waals surface area contributed by atoms with Gasteiger partial charge in [-0.15, -0.1) is 0 Å². The maximum atomic E-state index is 5.11. The molecule has 7 rings (SSSR count). The monoisotopic (exact) mass is 477 g/mol. The summed E-state index contributed by atoms with van der Waals surface area (Å²) in [5, 5.41) is 8.94. The standard InChI is InChI=1S/C29H29N5.C2H6/c1-18-12-21(17-30-16-18)27-15-28(34-29(32-27)24-8-4-5-9-26(24)33-34)31-22-11-10-20-13-19-6-2-3-7-23(19)25(20)14-22;1-2/h2-3,6-7,12,15-17,22,31H,4-5,8-11,13-14H2,1H3;1-2H3. The van der Waals surface area contributed by atoms with Crippen molar-refractivity contribution in [3.05, 3.63) is 82.3 Å². The molecule has 1 N–H and O–H groups in total. The molecule has 36 heavy (non-hydrogen) atoms. The number of nitrogens with one attached hydrogen (secondary N) is 1. The van der Waals surface area contributed by atoms with Gasteiger partial charge in [-0.2, -0.15) is 9.61 Å². The molecule has 4 aromatic rings. The van der Waals surface area contributed by atoms with Gasteiger partial charge in [0.15, 0.2) is 5.65 Å². The minimum atomic E-state index is 0.389. The molecule has 0 saturated carbocycles. The molecule has 0 aliphatic heterocycles. The topological polar surface area (TPSA) is 55.1 Å². The highest BCUT2D eigenvalue weighted by Gasteiger charge is 2.29. The average molecular weight is 478 g/mol. The second-order valence-corrected chi connectivity index (χ2v) is 10.1. The second-order valence-electron chi connectivity index (χ2n) is 10.1. The number of hydrogen-bond donors (Lipinski definition) is 1. The van der Waals surface area contributed by atoms with E-state index in [-0.39, 0.29) is 0 Å². The fourth-order valence-corrected chi connectivity index (χ4v) is 6.12. The summed E-state index contributed by atoms with van der Waals surface area (Å²) in [5.41, 5.74) is 12.9. The number of allylic oxidation sites excluding steroid dienone is 1. The normalized spacial score (nSPS) is 18.2. The third kappa shape index (κ3) is 4.01. The third-order valence-corrected chi connectivity index (χ3v) is 7.80. The van der Waals surface area contributed by atoms with E-state index in [4.69, 9.17) is 10.1 Å². The first kappa shape index (κ1) is 23.0. The van der Waals surface area contributed by atoms with Crippen molar-refractivity contribution in [2.24, 2.45) is 0 Å². The van der Waals surface area contributed by atoms with E-state index in [2.05, 4.69) is 58.1 Å². The molecule has 0 fully saturated rings. The van der Waals surface area contributed by atoms with E-state index in [1.54, 1.807) is 11.1 Å². The van der Waals surface area contributed by atoms with Gasteiger partial charge in [0.2, 0.25) is 0 Å². The molecular formula is C31H35N5. The maximum absolute atomic E-state index is 5.11. The summed E-state index contributed by atoms with van der Waals surface area (Å²) in [6.45, 7) is 6.08. The van der Waals surface area contributed by atoms with Gasteiger partial charge in [-0.25, -0.2) is 4.98 Å². The summed E-state index contributed by atoms with van der Waals surface area (Å²) >= 11 is 0. The Balaban J connectivity index is 0.00000117. The second kappa shape index (κ2) is 9.53. The van der Waals surface area contributed by atoms with Crippen LogP contribution in [0.4, 0.5) is 5.82 Å². The number of aryl methyl sites for hydroxylation is 3. The van der Waals surface area contributed by atoms with Gasteiger partial charge < -0.3 is 5.32 Å². The molecule has 3 aliphatic carbocycles. The minimum absolute atomic E-state index is 0.389. The summed E-state index contributed by atoms with van der Waals surface area (Å²) in [4.78, 5) is 9.54. The molecule has 0 spiro atoms. The van der Waals surface area contributed by atoms with E-state index in [9.17, 15) is 0 Å². The Kier molecular flexibility index (Phi) is 6.08. The Bertz CT molecular complexity index is 1460. The van der Waals surface area contributed by atoms with Crippen molar-refractivity contribution in [2.45, 2.75) is 78.2 Å². The Morgan fingerprint density at radius 2 is 1.86 bits per heavy atom. The first-order valence-electron chi connectivity index (χ1n) is 13.6. The number of pyridine rings is 1. The van der Waals surface area contributed by atoms with Crippen molar-refractivity contribution >= 4 is 17.0 Å². The van der Waals surface area contributed by atoms with Crippen molar-refractivity contribution < 1.29 is 0 Å². The first-order chi connectivity index (χ1) is 17.7. The highest BCUT2D eigenvalue weighted by atomic mass is 15.3. The van der Waals surface area contributed by atoms with Crippen LogP contribution in [0.5, 0.6) is 0 Å². The number of nitrogens with zero attached hydrogens (tertiary/aromatic N) is 4. The van der Waals surface area contributed by atoms with Crippen LogP contribution in [0.1, 0.15) is 73.9 Å². The van der Waals surface area contributed by atoms with E-state index in [0.29, 0.717) is 6.04 Å². The summed E-state index contributed by atoms with van der Waals surface area (Å²) in [6.07, 6.45) is 12.9. The molecule has 5 heteroatoms. The molecule has 3 aromatic heterocycles. The lowest BCUT2D eigenvalue weighted by molar-refractivity contribution is 0.628. The molecule has 0 radical (unpaired) electrons. The van der Waals surface area contributed by atoms with Crippen LogP contribution in [0, 0.1) is 6.92 Å². The van der Waals surface area contributed by atoms with E-state index in [1.165, 1.54) is 41.6 Å². The van der Waals surface area contributed by atoms with E-state index >= 15 is 0 Å². The summed E-state index contributed by atoms with van der Waals surface area (Å²) in [6, 6.07) is 13.7.